The first kappa shape index (κ1) is 24.6. The van der Waals surface area contributed by atoms with Crippen molar-refractivity contribution in [3.63, 3.8) is 0 Å². The molecule has 3 aromatic carbocycles. The number of aromatic nitrogens is 1. The number of hydrogen-bond donors (Lipinski definition) is 2. The summed E-state index contributed by atoms with van der Waals surface area (Å²) >= 11 is 6.00. The molecule has 0 unspecified atom stereocenters. The molecule has 0 spiro atoms. The standard InChI is InChI=1S/C22H15ClF3N3O2S.ClH/c23-15-3-10-19-20(11-12-27-21(19)13-15)28-16-6-8-18(9-7-16)32(30,31)29-17-4-1-14(2-5-17)22(24,25)26;/h1-13,29H,(H,27,28);1H. The quantitative estimate of drug-likeness (QED) is 0.305. The third-order valence-corrected chi connectivity index (χ3v) is 6.25. The van der Waals surface area contributed by atoms with Crippen molar-refractivity contribution in [2.45, 2.75) is 11.1 Å². The molecule has 11 heteroatoms. The molecule has 0 saturated heterocycles. The largest absolute Gasteiger partial charge is 0.416 e. The minimum absolute atomic E-state index is 0. The number of pyridine rings is 1. The molecule has 33 heavy (non-hydrogen) atoms. The van der Waals surface area contributed by atoms with Gasteiger partial charge in [0.1, 0.15) is 0 Å². The SMILES string of the molecule is Cl.O=S(=O)(Nc1ccc(C(F)(F)F)cc1)c1ccc(Nc2ccnc3cc(Cl)ccc23)cc1. The lowest BCUT2D eigenvalue weighted by Crippen LogP contribution is -2.13. The van der Waals surface area contributed by atoms with Crippen molar-refractivity contribution in [2.24, 2.45) is 0 Å². The molecule has 0 aliphatic heterocycles. The van der Waals surface area contributed by atoms with Gasteiger partial charge < -0.3 is 5.32 Å². The highest BCUT2D eigenvalue weighted by molar-refractivity contribution is 7.92. The van der Waals surface area contributed by atoms with E-state index in [0.717, 1.165) is 35.3 Å². The lowest BCUT2D eigenvalue weighted by Gasteiger charge is -2.12. The summed E-state index contributed by atoms with van der Waals surface area (Å²) in [5.41, 5.74) is 1.29. The number of hydrogen-bond acceptors (Lipinski definition) is 4. The van der Waals surface area contributed by atoms with E-state index in [2.05, 4.69) is 15.0 Å². The van der Waals surface area contributed by atoms with Crippen LogP contribution in [0.15, 0.2) is 83.9 Å². The fraction of sp³-hybridized carbons (Fsp3) is 0.0455. The number of rotatable bonds is 5. The second-order valence-corrected chi connectivity index (χ2v) is 8.97. The van der Waals surface area contributed by atoms with E-state index in [1.54, 1.807) is 36.5 Å². The molecule has 0 radical (unpaired) electrons. The van der Waals surface area contributed by atoms with Gasteiger partial charge in [-0.3, -0.25) is 9.71 Å². The molecule has 4 aromatic rings. The zero-order valence-corrected chi connectivity index (χ0v) is 19.0. The van der Waals surface area contributed by atoms with Crippen LogP contribution in [0, 0.1) is 0 Å². The Balaban J connectivity index is 0.00000306. The first-order valence-corrected chi connectivity index (χ1v) is 11.1. The average molecular weight is 514 g/mol. The van der Waals surface area contributed by atoms with Crippen LogP contribution in [0.5, 0.6) is 0 Å². The summed E-state index contributed by atoms with van der Waals surface area (Å²) in [5, 5.41) is 4.62. The predicted octanol–water partition coefficient (Wildman–Crippen LogP) is 6.87. The second-order valence-electron chi connectivity index (χ2n) is 6.85. The Kier molecular flexibility index (Phi) is 7.06. The number of benzene rings is 3. The van der Waals surface area contributed by atoms with E-state index < -0.39 is 21.8 Å². The Morgan fingerprint density at radius 1 is 0.848 bits per heavy atom. The second kappa shape index (κ2) is 9.46. The molecule has 0 bridgehead atoms. The Hall–Kier alpha value is -3.01. The number of anilines is 3. The number of fused-ring (bicyclic) bond motifs is 1. The minimum atomic E-state index is -4.49. The fourth-order valence-corrected chi connectivity index (χ4v) is 4.27. The molecule has 172 valence electrons. The number of sulfonamides is 1. The van der Waals surface area contributed by atoms with Crippen LogP contribution in [0.4, 0.5) is 30.2 Å². The smallest absolute Gasteiger partial charge is 0.355 e. The molecule has 4 rings (SSSR count). The van der Waals surface area contributed by atoms with Gasteiger partial charge in [0.05, 0.1) is 16.0 Å². The maximum Gasteiger partial charge on any atom is 0.416 e. The summed E-state index contributed by atoms with van der Waals surface area (Å²) < 4.78 is 65.4. The molecule has 0 fully saturated rings. The molecule has 0 atom stereocenters. The van der Waals surface area contributed by atoms with Crippen LogP contribution >= 0.6 is 24.0 Å². The van der Waals surface area contributed by atoms with E-state index >= 15 is 0 Å². The summed E-state index contributed by atoms with van der Waals surface area (Å²) in [6, 6.07) is 16.8. The zero-order valence-electron chi connectivity index (χ0n) is 16.6. The molecular weight excluding hydrogens is 498 g/mol. The summed E-state index contributed by atoms with van der Waals surface area (Å²) in [5.74, 6) is 0. The average Bonchev–Trinajstić information content (AvgIpc) is 2.73. The molecule has 0 aliphatic carbocycles. The number of halogens is 5. The van der Waals surface area contributed by atoms with Gasteiger partial charge in [0, 0.05) is 33.7 Å². The summed E-state index contributed by atoms with van der Waals surface area (Å²) in [7, 11) is -3.97. The number of alkyl halides is 3. The Morgan fingerprint density at radius 2 is 1.48 bits per heavy atom. The maximum absolute atomic E-state index is 12.7. The summed E-state index contributed by atoms with van der Waals surface area (Å²) in [4.78, 5) is 4.24. The lowest BCUT2D eigenvalue weighted by molar-refractivity contribution is -0.137. The van der Waals surface area contributed by atoms with Crippen molar-refractivity contribution in [3.8, 4) is 0 Å². The highest BCUT2D eigenvalue weighted by Gasteiger charge is 2.30. The molecular formula is C22H16Cl2F3N3O2S. The van der Waals surface area contributed by atoms with Crippen LogP contribution in [-0.4, -0.2) is 13.4 Å². The monoisotopic (exact) mass is 513 g/mol. The van der Waals surface area contributed by atoms with E-state index in [-0.39, 0.29) is 23.0 Å². The van der Waals surface area contributed by atoms with Crippen LogP contribution < -0.4 is 10.0 Å². The van der Waals surface area contributed by atoms with Gasteiger partial charge in [-0.2, -0.15) is 13.2 Å². The predicted molar refractivity (Wildman–Crippen MR) is 126 cm³/mol. The maximum atomic E-state index is 12.7. The lowest BCUT2D eigenvalue weighted by atomic mass is 10.2. The van der Waals surface area contributed by atoms with Gasteiger partial charge in [-0.25, -0.2) is 8.42 Å². The van der Waals surface area contributed by atoms with Crippen molar-refractivity contribution in [3.05, 3.63) is 89.6 Å². The van der Waals surface area contributed by atoms with Crippen LogP contribution in [0.1, 0.15) is 5.56 Å². The summed E-state index contributed by atoms with van der Waals surface area (Å²) in [6.07, 6.45) is -2.86. The van der Waals surface area contributed by atoms with Crippen LogP contribution in [0.3, 0.4) is 0 Å². The van der Waals surface area contributed by atoms with Gasteiger partial charge in [0.2, 0.25) is 0 Å². The summed E-state index contributed by atoms with van der Waals surface area (Å²) in [6.45, 7) is 0. The first-order chi connectivity index (χ1) is 15.1. The molecule has 0 aliphatic rings. The van der Waals surface area contributed by atoms with E-state index in [1.807, 2.05) is 6.07 Å². The van der Waals surface area contributed by atoms with Crippen molar-refractivity contribution in [1.29, 1.82) is 0 Å². The molecule has 0 amide bonds. The van der Waals surface area contributed by atoms with E-state index in [1.165, 1.54) is 12.1 Å². The van der Waals surface area contributed by atoms with Crippen LogP contribution in [0.25, 0.3) is 10.9 Å². The molecule has 2 N–H and O–H groups in total. The van der Waals surface area contributed by atoms with Crippen molar-refractivity contribution < 1.29 is 21.6 Å². The van der Waals surface area contributed by atoms with E-state index in [9.17, 15) is 21.6 Å². The Morgan fingerprint density at radius 3 is 2.12 bits per heavy atom. The van der Waals surface area contributed by atoms with Crippen molar-refractivity contribution >= 4 is 62.0 Å². The fourth-order valence-electron chi connectivity index (χ4n) is 3.04. The zero-order chi connectivity index (χ0) is 22.9. The molecule has 1 heterocycles. The highest BCUT2D eigenvalue weighted by atomic mass is 35.5. The van der Waals surface area contributed by atoms with Crippen molar-refractivity contribution in [2.75, 3.05) is 10.0 Å². The number of nitrogens with one attached hydrogen (secondary N) is 2. The van der Waals surface area contributed by atoms with Crippen molar-refractivity contribution in [1.82, 2.24) is 4.98 Å². The van der Waals surface area contributed by atoms with Crippen LogP contribution in [-0.2, 0) is 16.2 Å². The van der Waals surface area contributed by atoms with Gasteiger partial charge >= 0.3 is 6.18 Å². The molecule has 5 nitrogen and oxygen atoms in total. The van der Waals surface area contributed by atoms with Gasteiger partial charge in [-0.05, 0) is 72.8 Å². The van der Waals surface area contributed by atoms with Gasteiger partial charge in [0.25, 0.3) is 10.0 Å². The third-order valence-electron chi connectivity index (χ3n) is 4.61. The van der Waals surface area contributed by atoms with Crippen LogP contribution in [0.2, 0.25) is 5.02 Å². The Labute approximate surface area is 199 Å². The minimum Gasteiger partial charge on any atom is -0.355 e. The van der Waals surface area contributed by atoms with E-state index in [0.29, 0.717) is 16.2 Å². The van der Waals surface area contributed by atoms with Gasteiger partial charge in [0.15, 0.2) is 0 Å². The highest BCUT2D eigenvalue weighted by Crippen LogP contribution is 2.31. The Bertz CT molecular complexity index is 1380. The first-order valence-electron chi connectivity index (χ1n) is 9.23. The third kappa shape index (κ3) is 5.68. The molecule has 0 saturated carbocycles. The van der Waals surface area contributed by atoms with Gasteiger partial charge in [-0.1, -0.05) is 11.6 Å². The number of nitrogens with zero attached hydrogens (tertiary/aromatic N) is 1. The normalized spacial score (nSPS) is 11.6. The molecule has 1 aromatic heterocycles. The van der Waals surface area contributed by atoms with E-state index in [4.69, 9.17) is 11.6 Å². The van der Waals surface area contributed by atoms with Gasteiger partial charge in [-0.15, -0.1) is 12.4 Å². The topological polar surface area (TPSA) is 71.1 Å².